The fourth-order valence-electron chi connectivity index (χ4n) is 1.96. The second-order valence-corrected chi connectivity index (χ2v) is 4.95. The summed E-state index contributed by atoms with van der Waals surface area (Å²) in [6.45, 7) is 4.81. The first-order valence-corrected chi connectivity index (χ1v) is 6.83. The highest BCUT2D eigenvalue weighted by molar-refractivity contribution is 5.27. The van der Waals surface area contributed by atoms with Crippen LogP contribution in [0.15, 0.2) is 40.8 Å². The molecule has 108 valence electrons. The largest absolute Gasteiger partial charge is 0.492 e. The molecule has 4 nitrogen and oxygen atoms in total. The highest BCUT2D eigenvalue weighted by Crippen LogP contribution is 2.12. The lowest BCUT2D eigenvalue weighted by Gasteiger charge is -2.15. The zero-order valence-electron chi connectivity index (χ0n) is 12.1. The molecule has 0 radical (unpaired) electrons. The van der Waals surface area contributed by atoms with Crippen molar-refractivity contribution in [1.82, 2.24) is 4.90 Å². The van der Waals surface area contributed by atoms with Crippen LogP contribution in [0.2, 0.25) is 0 Å². The number of aryl methyl sites for hydroxylation is 1. The summed E-state index contributed by atoms with van der Waals surface area (Å²) in [5.41, 5.74) is 6.67. The Balaban J connectivity index is 1.71. The van der Waals surface area contributed by atoms with Crippen LogP contribution in [-0.4, -0.2) is 25.1 Å². The van der Waals surface area contributed by atoms with E-state index in [1.165, 1.54) is 0 Å². The summed E-state index contributed by atoms with van der Waals surface area (Å²) >= 11 is 0. The van der Waals surface area contributed by atoms with Crippen molar-refractivity contribution in [2.45, 2.75) is 20.0 Å². The van der Waals surface area contributed by atoms with E-state index in [1.807, 2.05) is 43.3 Å². The molecule has 0 aliphatic heterocycles. The third-order valence-electron chi connectivity index (χ3n) is 3.12. The summed E-state index contributed by atoms with van der Waals surface area (Å²) in [6.07, 6.45) is 0. The first-order chi connectivity index (χ1) is 9.67. The lowest BCUT2D eigenvalue weighted by Crippen LogP contribution is -2.23. The molecule has 0 saturated heterocycles. The predicted molar refractivity (Wildman–Crippen MR) is 79.6 cm³/mol. The van der Waals surface area contributed by atoms with Gasteiger partial charge >= 0.3 is 0 Å². The Labute approximate surface area is 120 Å². The van der Waals surface area contributed by atoms with Crippen molar-refractivity contribution in [3.05, 3.63) is 53.5 Å². The normalized spacial score (nSPS) is 11.0. The Kier molecular flexibility index (Phi) is 5.21. The molecule has 0 atom stereocenters. The molecule has 2 N–H and O–H groups in total. The van der Waals surface area contributed by atoms with Gasteiger partial charge in [-0.1, -0.05) is 12.1 Å². The Morgan fingerprint density at radius 2 is 1.90 bits per heavy atom. The number of nitrogens with two attached hydrogens (primary N) is 1. The zero-order valence-corrected chi connectivity index (χ0v) is 12.1. The number of hydrogen-bond donors (Lipinski definition) is 1. The van der Waals surface area contributed by atoms with Gasteiger partial charge in [0.2, 0.25) is 0 Å². The van der Waals surface area contributed by atoms with Crippen molar-refractivity contribution < 1.29 is 9.15 Å². The Hall–Kier alpha value is -1.78. The summed E-state index contributed by atoms with van der Waals surface area (Å²) < 4.78 is 11.3. The summed E-state index contributed by atoms with van der Waals surface area (Å²) in [5, 5.41) is 0. The average molecular weight is 274 g/mol. The number of benzene rings is 1. The van der Waals surface area contributed by atoms with Crippen molar-refractivity contribution in [1.29, 1.82) is 0 Å². The van der Waals surface area contributed by atoms with E-state index in [4.69, 9.17) is 14.9 Å². The van der Waals surface area contributed by atoms with E-state index in [0.717, 1.165) is 35.9 Å². The van der Waals surface area contributed by atoms with Crippen LogP contribution in [0.4, 0.5) is 0 Å². The Morgan fingerprint density at radius 3 is 2.50 bits per heavy atom. The lowest BCUT2D eigenvalue weighted by atomic mass is 10.2. The summed E-state index contributed by atoms with van der Waals surface area (Å²) in [6, 6.07) is 11.9. The van der Waals surface area contributed by atoms with Crippen LogP contribution in [0.3, 0.4) is 0 Å². The number of likely N-dealkylation sites (N-methyl/N-ethyl adjacent to an activating group) is 1. The zero-order chi connectivity index (χ0) is 14.4. The van der Waals surface area contributed by atoms with Crippen LogP contribution in [0, 0.1) is 6.92 Å². The van der Waals surface area contributed by atoms with Gasteiger partial charge in [-0.05, 0) is 43.8 Å². The van der Waals surface area contributed by atoms with Gasteiger partial charge in [0.15, 0.2) is 0 Å². The van der Waals surface area contributed by atoms with E-state index >= 15 is 0 Å². The van der Waals surface area contributed by atoms with E-state index in [0.29, 0.717) is 13.2 Å². The van der Waals surface area contributed by atoms with Crippen LogP contribution >= 0.6 is 0 Å². The number of hydrogen-bond acceptors (Lipinski definition) is 4. The molecule has 0 saturated carbocycles. The van der Waals surface area contributed by atoms with Crippen molar-refractivity contribution in [2.24, 2.45) is 5.73 Å². The van der Waals surface area contributed by atoms with Gasteiger partial charge in [0.25, 0.3) is 0 Å². The van der Waals surface area contributed by atoms with Crippen LogP contribution in [0.5, 0.6) is 5.75 Å². The maximum atomic E-state index is 5.71. The molecule has 20 heavy (non-hydrogen) atoms. The second-order valence-electron chi connectivity index (χ2n) is 4.95. The van der Waals surface area contributed by atoms with Crippen LogP contribution in [0.25, 0.3) is 0 Å². The number of furan rings is 1. The molecule has 0 fully saturated rings. The van der Waals surface area contributed by atoms with Gasteiger partial charge in [-0.2, -0.15) is 0 Å². The van der Waals surface area contributed by atoms with Crippen LogP contribution in [-0.2, 0) is 13.1 Å². The highest BCUT2D eigenvalue weighted by Gasteiger charge is 2.04. The van der Waals surface area contributed by atoms with Gasteiger partial charge in [0, 0.05) is 13.1 Å². The molecule has 4 heteroatoms. The summed E-state index contributed by atoms with van der Waals surface area (Å²) in [5.74, 6) is 2.81. The predicted octanol–water partition coefficient (Wildman–Crippen LogP) is 2.56. The summed E-state index contributed by atoms with van der Waals surface area (Å²) in [7, 11) is 2.05. The monoisotopic (exact) mass is 274 g/mol. The molecule has 0 spiro atoms. The van der Waals surface area contributed by atoms with Gasteiger partial charge in [-0.15, -0.1) is 0 Å². The third-order valence-corrected chi connectivity index (χ3v) is 3.12. The molecule has 0 aliphatic carbocycles. The molecule has 1 heterocycles. The second kappa shape index (κ2) is 7.12. The van der Waals surface area contributed by atoms with Crippen LogP contribution < -0.4 is 10.5 Å². The molecule has 0 amide bonds. The van der Waals surface area contributed by atoms with Crippen molar-refractivity contribution in [3.63, 3.8) is 0 Å². The van der Waals surface area contributed by atoms with Crippen molar-refractivity contribution in [2.75, 3.05) is 20.2 Å². The van der Waals surface area contributed by atoms with E-state index in [-0.39, 0.29) is 0 Å². The van der Waals surface area contributed by atoms with Gasteiger partial charge in [-0.25, -0.2) is 0 Å². The number of nitrogens with zero attached hydrogens (tertiary/aromatic N) is 1. The van der Waals surface area contributed by atoms with Crippen molar-refractivity contribution >= 4 is 0 Å². The van der Waals surface area contributed by atoms with Crippen LogP contribution in [0.1, 0.15) is 17.1 Å². The minimum Gasteiger partial charge on any atom is -0.492 e. The molecule has 0 unspecified atom stereocenters. The van der Waals surface area contributed by atoms with Gasteiger partial charge < -0.3 is 14.9 Å². The maximum absolute atomic E-state index is 5.71. The molecule has 1 aromatic carbocycles. The Bertz CT molecular complexity index is 520. The molecule has 2 rings (SSSR count). The molecule has 0 bridgehead atoms. The average Bonchev–Trinajstić information content (AvgIpc) is 2.85. The topological polar surface area (TPSA) is 51.6 Å². The van der Waals surface area contributed by atoms with E-state index in [9.17, 15) is 0 Å². The quantitative estimate of drug-likeness (QED) is 0.843. The number of rotatable bonds is 7. The highest BCUT2D eigenvalue weighted by atomic mass is 16.5. The molecule has 2 aromatic rings. The van der Waals surface area contributed by atoms with E-state index in [1.54, 1.807) is 0 Å². The maximum Gasteiger partial charge on any atom is 0.119 e. The fourth-order valence-corrected chi connectivity index (χ4v) is 1.96. The first-order valence-electron chi connectivity index (χ1n) is 6.83. The van der Waals surface area contributed by atoms with E-state index in [2.05, 4.69) is 11.9 Å². The third kappa shape index (κ3) is 4.40. The van der Waals surface area contributed by atoms with Gasteiger partial charge in [0.05, 0.1) is 6.54 Å². The summed E-state index contributed by atoms with van der Waals surface area (Å²) in [4.78, 5) is 2.17. The first kappa shape index (κ1) is 14.6. The SMILES string of the molecule is Cc1ccc(CN(C)CCOc2ccc(CN)cc2)o1. The lowest BCUT2D eigenvalue weighted by molar-refractivity contribution is 0.221. The molecular formula is C16H22N2O2. The van der Waals surface area contributed by atoms with Crippen molar-refractivity contribution in [3.8, 4) is 5.75 Å². The fraction of sp³-hybridized carbons (Fsp3) is 0.375. The van der Waals surface area contributed by atoms with E-state index < -0.39 is 0 Å². The standard InChI is InChI=1S/C16H22N2O2/c1-13-3-6-16(20-13)12-18(2)9-10-19-15-7-4-14(11-17)5-8-15/h3-8H,9-12,17H2,1-2H3. The number of ether oxygens (including phenoxy) is 1. The van der Waals surface area contributed by atoms with Gasteiger partial charge in [0.1, 0.15) is 23.9 Å². The van der Waals surface area contributed by atoms with Gasteiger partial charge in [-0.3, -0.25) is 4.90 Å². The smallest absolute Gasteiger partial charge is 0.119 e. The molecule has 0 aliphatic rings. The minimum absolute atomic E-state index is 0.561. The molecular weight excluding hydrogens is 252 g/mol. The minimum atomic E-state index is 0.561. The Morgan fingerprint density at radius 1 is 1.15 bits per heavy atom. The molecule has 1 aromatic heterocycles.